The van der Waals surface area contributed by atoms with Crippen molar-refractivity contribution in [1.82, 2.24) is 10.3 Å². The third-order valence-corrected chi connectivity index (χ3v) is 4.07. The Morgan fingerprint density at radius 2 is 1.92 bits per heavy atom. The minimum absolute atomic E-state index is 0.104. The highest BCUT2D eigenvalue weighted by atomic mass is 32.1. The second-order valence-electron chi connectivity index (χ2n) is 4.96. The SMILES string of the molecule is COc1ccc(-c2nc(CC(=O)OCC(=O)NC(N)=O)cs2)cc1OC. The Hall–Kier alpha value is -3.14. The quantitative estimate of drug-likeness (QED) is 0.689. The van der Waals surface area contributed by atoms with E-state index in [1.165, 1.54) is 11.3 Å². The number of benzene rings is 1. The van der Waals surface area contributed by atoms with E-state index in [2.05, 4.69) is 4.98 Å². The van der Waals surface area contributed by atoms with Crippen LogP contribution in [0.4, 0.5) is 4.79 Å². The molecule has 0 fully saturated rings. The lowest BCUT2D eigenvalue weighted by Gasteiger charge is -2.08. The van der Waals surface area contributed by atoms with Gasteiger partial charge in [-0.25, -0.2) is 9.78 Å². The van der Waals surface area contributed by atoms with Crippen LogP contribution in [0.15, 0.2) is 23.6 Å². The summed E-state index contributed by atoms with van der Waals surface area (Å²) in [7, 11) is 3.09. The highest BCUT2D eigenvalue weighted by molar-refractivity contribution is 7.13. The number of nitrogens with zero attached hydrogens (tertiary/aromatic N) is 1. The standard InChI is InChI=1S/C16H17N3O6S/c1-23-11-4-3-9(5-12(11)24-2)15-18-10(8-26-15)6-14(21)25-7-13(20)19-16(17)22/h3-5,8H,6-7H2,1-2H3,(H3,17,19,20,22). The van der Waals surface area contributed by atoms with Crippen LogP contribution in [0.5, 0.6) is 11.5 Å². The van der Waals surface area contributed by atoms with E-state index in [1.807, 2.05) is 6.07 Å². The average Bonchev–Trinajstić information content (AvgIpc) is 3.07. The van der Waals surface area contributed by atoms with E-state index in [1.54, 1.807) is 37.0 Å². The fraction of sp³-hybridized carbons (Fsp3) is 0.250. The van der Waals surface area contributed by atoms with Crippen molar-refractivity contribution in [3.05, 3.63) is 29.3 Å². The minimum Gasteiger partial charge on any atom is -0.493 e. The Labute approximate surface area is 153 Å². The average molecular weight is 379 g/mol. The van der Waals surface area contributed by atoms with E-state index in [9.17, 15) is 14.4 Å². The van der Waals surface area contributed by atoms with E-state index >= 15 is 0 Å². The molecule has 1 aromatic carbocycles. The van der Waals surface area contributed by atoms with Crippen LogP contribution >= 0.6 is 11.3 Å². The Bertz CT molecular complexity index is 820. The Morgan fingerprint density at radius 1 is 1.19 bits per heavy atom. The molecule has 0 saturated heterocycles. The van der Waals surface area contributed by atoms with Gasteiger partial charge in [0.15, 0.2) is 18.1 Å². The van der Waals surface area contributed by atoms with Gasteiger partial charge in [-0.1, -0.05) is 0 Å². The summed E-state index contributed by atoms with van der Waals surface area (Å²) in [6.45, 7) is -0.589. The van der Waals surface area contributed by atoms with E-state index in [-0.39, 0.29) is 6.42 Å². The number of esters is 1. The summed E-state index contributed by atoms with van der Waals surface area (Å²) >= 11 is 1.35. The third kappa shape index (κ3) is 5.18. The van der Waals surface area contributed by atoms with Gasteiger partial charge in [0.05, 0.1) is 26.3 Å². The van der Waals surface area contributed by atoms with Crippen LogP contribution in [-0.2, 0) is 20.7 Å². The van der Waals surface area contributed by atoms with Crippen LogP contribution in [0, 0.1) is 0 Å². The highest BCUT2D eigenvalue weighted by Crippen LogP contribution is 2.33. The number of nitrogens with one attached hydrogen (secondary N) is 1. The number of rotatable bonds is 7. The zero-order valence-electron chi connectivity index (χ0n) is 14.1. The van der Waals surface area contributed by atoms with Gasteiger partial charge in [0.1, 0.15) is 5.01 Å². The number of hydrogen-bond donors (Lipinski definition) is 2. The zero-order valence-corrected chi connectivity index (χ0v) is 14.9. The second-order valence-corrected chi connectivity index (χ2v) is 5.82. The van der Waals surface area contributed by atoms with Gasteiger partial charge in [0.25, 0.3) is 5.91 Å². The number of amides is 3. The van der Waals surface area contributed by atoms with Crippen LogP contribution in [0.2, 0.25) is 0 Å². The molecular weight excluding hydrogens is 362 g/mol. The van der Waals surface area contributed by atoms with Gasteiger partial charge in [-0.15, -0.1) is 11.3 Å². The predicted molar refractivity (Wildman–Crippen MR) is 93.0 cm³/mol. The fourth-order valence-electron chi connectivity index (χ4n) is 2.01. The number of urea groups is 1. The van der Waals surface area contributed by atoms with Crippen LogP contribution in [0.25, 0.3) is 10.6 Å². The molecule has 1 aromatic heterocycles. The Kier molecular flexibility index (Phi) is 6.50. The summed E-state index contributed by atoms with van der Waals surface area (Å²) in [4.78, 5) is 37.8. The highest BCUT2D eigenvalue weighted by Gasteiger charge is 2.14. The smallest absolute Gasteiger partial charge is 0.318 e. The molecule has 0 bridgehead atoms. The van der Waals surface area contributed by atoms with Crippen molar-refractivity contribution in [3.63, 3.8) is 0 Å². The number of methoxy groups -OCH3 is 2. The van der Waals surface area contributed by atoms with Crippen LogP contribution < -0.4 is 20.5 Å². The molecule has 0 aliphatic carbocycles. The van der Waals surface area contributed by atoms with E-state index in [4.69, 9.17) is 19.9 Å². The molecule has 0 radical (unpaired) electrons. The van der Waals surface area contributed by atoms with Gasteiger partial charge in [-0.2, -0.15) is 0 Å². The summed E-state index contributed by atoms with van der Waals surface area (Å²) in [5.41, 5.74) is 6.10. The maximum atomic E-state index is 11.7. The molecular formula is C16H17N3O6S. The van der Waals surface area contributed by atoms with Crippen molar-refractivity contribution in [1.29, 1.82) is 0 Å². The summed E-state index contributed by atoms with van der Waals surface area (Å²) in [6.07, 6.45) is -0.104. The fourth-order valence-corrected chi connectivity index (χ4v) is 2.83. The monoisotopic (exact) mass is 379 g/mol. The number of thiazole rings is 1. The lowest BCUT2D eigenvalue weighted by atomic mass is 10.2. The van der Waals surface area contributed by atoms with Crippen molar-refractivity contribution < 1.29 is 28.6 Å². The molecule has 0 spiro atoms. The van der Waals surface area contributed by atoms with E-state index < -0.39 is 24.5 Å². The molecule has 0 atom stereocenters. The van der Waals surface area contributed by atoms with Gasteiger partial charge in [0.2, 0.25) is 0 Å². The maximum absolute atomic E-state index is 11.7. The maximum Gasteiger partial charge on any atom is 0.318 e. The summed E-state index contributed by atoms with van der Waals surface area (Å²) in [5, 5.41) is 4.21. The zero-order chi connectivity index (χ0) is 19.1. The molecule has 1 heterocycles. The molecule has 2 aromatic rings. The van der Waals surface area contributed by atoms with Crippen molar-refractivity contribution in [2.45, 2.75) is 6.42 Å². The van der Waals surface area contributed by atoms with Gasteiger partial charge in [-0.3, -0.25) is 14.9 Å². The first-order valence-electron chi connectivity index (χ1n) is 7.34. The summed E-state index contributed by atoms with van der Waals surface area (Å²) in [6, 6.07) is 4.37. The van der Waals surface area contributed by atoms with E-state index in [0.717, 1.165) is 5.56 Å². The molecule has 3 N–H and O–H groups in total. The first-order valence-corrected chi connectivity index (χ1v) is 8.22. The molecule has 10 heteroatoms. The largest absolute Gasteiger partial charge is 0.493 e. The molecule has 9 nitrogen and oxygen atoms in total. The second kappa shape index (κ2) is 8.81. The molecule has 2 rings (SSSR count). The minimum atomic E-state index is -1.01. The number of imide groups is 1. The number of carbonyl (C=O) groups is 3. The molecule has 138 valence electrons. The predicted octanol–water partition coefficient (Wildman–Crippen LogP) is 1.11. The Balaban J connectivity index is 1.98. The Morgan fingerprint density at radius 3 is 2.58 bits per heavy atom. The van der Waals surface area contributed by atoms with E-state index in [0.29, 0.717) is 22.2 Å². The van der Waals surface area contributed by atoms with Crippen molar-refractivity contribution >= 4 is 29.2 Å². The van der Waals surface area contributed by atoms with Crippen LogP contribution in [0.1, 0.15) is 5.69 Å². The topological polar surface area (TPSA) is 130 Å². The molecule has 0 saturated carbocycles. The number of aromatic nitrogens is 1. The van der Waals surface area contributed by atoms with Gasteiger partial charge in [-0.05, 0) is 18.2 Å². The molecule has 0 unspecified atom stereocenters. The van der Waals surface area contributed by atoms with Crippen molar-refractivity contribution in [2.24, 2.45) is 5.73 Å². The van der Waals surface area contributed by atoms with Crippen LogP contribution in [-0.4, -0.2) is 43.7 Å². The van der Waals surface area contributed by atoms with Crippen LogP contribution in [0.3, 0.4) is 0 Å². The lowest BCUT2D eigenvalue weighted by molar-refractivity contribution is -0.147. The number of carbonyl (C=O) groups excluding carboxylic acids is 3. The summed E-state index contributed by atoms with van der Waals surface area (Å²) < 4.78 is 15.2. The lowest BCUT2D eigenvalue weighted by Crippen LogP contribution is -2.37. The van der Waals surface area contributed by atoms with Gasteiger partial charge in [0, 0.05) is 10.9 Å². The van der Waals surface area contributed by atoms with Crippen molar-refractivity contribution in [3.8, 4) is 22.1 Å². The molecule has 26 heavy (non-hydrogen) atoms. The molecule has 3 amide bonds. The van der Waals surface area contributed by atoms with Gasteiger partial charge < -0.3 is 19.9 Å². The third-order valence-electron chi connectivity index (χ3n) is 3.13. The normalized spacial score (nSPS) is 10.1. The first kappa shape index (κ1) is 19.2. The first-order chi connectivity index (χ1) is 12.4. The number of ether oxygens (including phenoxy) is 3. The number of hydrogen-bond acceptors (Lipinski definition) is 8. The van der Waals surface area contributed by atoms with Crippen molar-refractivity contribution in [2.75, 3.05) is 20.8 Å². The number of nitrogens with two attached hydrogens (primary N) is 1. The van der Waals surface area contributed by atoms with Gasteiger partial charge >= 0.3 is 12.0 Å². The number of primary amides is 1. The molecule has 0 aliphatic rings. The summed E-state index contributed by atoms with van der Waals surface area (Å²) in [5.74, 6) is -0.267. The molecule has 0 aliphatic heterocycles.